The van der Waals surface area contributed by atoms with Gasteiger partial charge in [-0.2, -0.15) is 0 Å². The minimum Gasteiger partial charge on any atom is -0.0776 e. The third kappa shape index (κ3) is 14.4. The molecule has 0 aromatic carbocycles. The van der Waals surface area contributed by atoms with Crippen molar-refractivity contribution in [1.82, 2.24) is 0 Å². The Labute approximate surface area is 156 Å². The van der Waals surface area contributed by atoms with Crippen LogP contribution in [0.1, 0.15) is 129 Å². The monoisotopic (exact) mass is 340 g/mol. The van der Waals surface area contributed by atoms with Crippen molar-refractivity contribution in [3.05, 3.63) is 0 Å². The van der Waals surface area contributed by atoms with Crippen LogP contribution >= 0.6 is 0 Å². The van der Waals surface area contributed by atoms with Gasteiger partial charge in [-0.3, -0.25) is 0 Å². The molecular weight excluding hydrogens is 288 g/mol. The minimum atomic E-state index is 0. The molecule has 0 aliphatic carbocycles. The molecular formula is C24H52. The summed E-state index contributed by atoms with van der Waals surface area (Å²) < 4.78 is 0. The first kappa shape index (κ1) is 26.2. The first-order valence-electron chi connectivity index (χ1n) is 10.0. The average Bonchev–Trinajstić information content (AvgIpc) is 2.27. The largest absolute Gasteiger partial charge is 0.0776 e. The molecule has 0 heterocycles. The fourth-order valence-corrected chi connectivity index (χ4v) is 3.47. The molecule has 0 aliphatic heterocycles. The van der Waals surface area contributed by atoms with Crippen LogP contribution in [0, 0.1) is 27.6 Å². The quantitative estimate of drug-likeness (QED) is 0.413. The van der Waals surface area contributed by atoms with Crippen molar-refractivity contribution in [3.63, 3.8) is 0 Å². The highest BCUT2D eigenvalue weighted by Gasteiger charge is 2.34. The molecule has 0 saturated carbocycles. The Morgan fingerprint density at radius 3 is 0.917 bits per heavy atom. The van der Waals surface area contributed by atoms with Crippen LogP contribution in [-0.4, -0.2) is 0 Å². The molecule has 0 bridgehead atoms. The first-order chi connectivity index (χ1) is 10.0. The van der Waals surface area contributed by atoms with Gasteiger partial charge in [0.2, 0.25) is 0 Å². The maximum atomic E-state index is 2.42. The Morgan fingerprint density at radius 2 is 0.750 bits per heavy atom. The Balaban J connectivity index is 0. The van der Waals surface area contributed by atoms with E-state index >= 15 is 0 Å². The van der Waals surface area contributed by atoms with Gasteiger partial charge in [0.25, 0.3) is 0 Å². The summed E-state index contributed by atoms with van der Waals surface area (Å²) in [6.07, 6.45) is 9.67. The molecule has 0 unspecified atom stereocenters. The molecule has 148 valence electrons. The summed E-state index contributed by atoms with van der Waals surface area (Å²) in [7, 11) is 0. The van der Waals surface area contributed by atoms with Crippen molar-refractivity contribution in [3.8, 4) is 0 Å². The van der Waals surface area contributed by atoms with E-state index in [9.17, 15) is 0 Å². The van der Waals surface area contributed by atoms with E-state index < -0.39 is 0 Å². The Kier molecular flexibility index (Phi) is 10.5. The van der Waals surface area contributed by atoms with E-state index in [1.54, 1.807) is 0 Å². The second-order valence-corrected chi connectivity index (χ2v) is 12.3. The predicted molar refractivity (Wildman–Crippen MR) is 115 cm³/mol. The summed E-state index contributed by atoms with van der Waals surface area (Å²) >= 11 is 0. The summed E-state index contributed by atoms with van der Waals surface area (Å²) in [6.45, 7) is 26.5. The van der Waals surface area contributed by atoms with Crippen LogP contribution in [-0.2, 0) is 0 Å². The topological polar surface area (TPSA) is 0 Å². The van der Waals surface area contributed by atoms with Crippen LogP contribution in [0.15, 0.2) is 0 Å². The summed E-state index contributed by atoms with van der Waals surface area (Å²) in [6, 6.07) is 0. The van der Waals surface area contributed by atoms with Crippen LogP contribution in [0.3, 0.4) is 0 Å². The van der Waals surface area contributed by atoms with Crippen molar-refractivity contribution < 1.29 is 0 Å². The zero-order valence-corrected chi connectivity index (χ0v) is 18.5. The van der Waals surface area contributed by atoms with Gasteiger partial charge in [-0.1, -0.05) is 83.6 Å². The van der Waals surface area contributed by atoms with Gasteiger partial charge in [-0.25, -0.2) is 0 Å². The number of hydrogen-bond acceptors (Lipinski definition) is 0. The van der Waals surface area contributed by atoms with E-state index in [4.69, 9.17) is 0 Å². The lowest BCUT2D eigenvalue weighted by atomic mass is 9.64. The second-order valence-electron chi connectivity index (χ2n) is 12.3. The van der Waals surface area contributed by atoms with Crippen molar-refractivity contribution in [2.45, 2.75) is 129 Å². The lowest BCUT2D eigenvalue weighted by Crippen LogP contribution is -2.28. The fraction of sp³-hybridized carbons (Fsp3) is 1.00. The van der Waals surface area contributed by atoms with Gasteiger partial charge in [-0.05, 0) is 72.5 Å². The highest BCUT2D eigenvalue weighted by atomic mass is 14.4. The zero-order valence-electron chi connectivity index (χ0n) is 18.5. The predicted octanol–water partition coefficient (Wildman–Crippen LogP) is 9.13. The molecule has 0 fully saturated rings. The molecule has 0 atom stereocenters. The highest BCUT2D eigenvalue weighted by Crippen LogP contribution is 2.47. The average molecular weight is 341 g/mol. The minimum absolute atomic E-state index is 0. The van der Waals surface area contributed by atoms with Gasteiger partial charge >= 0.3 is 0 Å². The van der Waals surface area contributed by atoms with Crippen molar-refractivity contribution in [2.24, 2.45) is 27.6 Å². The molecule has 0 aromatic heterocycles. The summed E-state index contributed by atoms with van der Waals surface area (Å²) in [5.74, 6) is 0.801. The number of rotatable bonds is 8. The van der Waals surface area contributed by atoms with Crippen molar-refractivity contribution in [1.29, 1.82) is 0 Å². The zero-order chi connectivity index (χ0) is 18.5. The van der Waals surface area contributed by atoms with Gasteiger partial charge < -0.3 is 0 Å². The van der Waals surface area contributed by atoms with E-state index in [1.807, 2.05) is 0 Å². The summed E-state index contributed by atoms with van der Waals surface area (Å²) in [4.78, 5) is 0. The lowest BCUT2D eigenvalue weighted by Gasteiger charge is -2.41. The SMILES string of the molecule is C.CC(C)CC(CCC(C)(C)C)(CCC(C)(C)C)CCC(C)(C)C. The molecule has 0 nitrogen and oxygen atoms in total. The van der Waals surface area contributed by atoms with Crippen molar-refractivity contribution >= 4 is 0 Å². The van der Waals surface area contributed by atoms with Crippen LogP contribution < -0.4 is 0 Å². The molecule has 0 aliphatic rings. The first-order valence-corrected chi connectivity index (χ1v) is 10.0. The molecule has 24 heavy (non-hydrogen) atoms. The fourth-order valence-electron chi connectivity index (χ4n) is 3.47. The van der Waals surface area contributed by atoms with E-state index in [-0.39, 0.29) is 7.43 Å². The Bertz CT molecular complexity index is 268. The van der Waals surface area contributed by atoms with Crippen LogP contribution in [0.5, 0.6) is 0 Å². The van der Waals surface area contributed by atoms with Crippen LogP contribution in [0.2, 0.25) is 0 Å². The number of hydrogen-bond donors (Lipinski definition) is 0. The van der Waals surface area contributed by atoms with E-state index in [0.717, 1.165) is 5.92 Å². The lowest BCUT2D eigenvalue weighted by molar-refractivity contribution is 0.107. The van der Waals surface area contributed by atoms with E-state index in [0.29, 0.717) is 21.7 Å². The molecule has 0 heteroatoms. The van der Waals surface area contributed by atoms with Gasteiger partial charge in [0.1, 0.15) is 0 Å². The maximum absolute atomic E-state index is 2.42. The standard InChI is InChI=1S/C23H48.CH4/c1-19(2)18-23(15-12-20(3,4)5,16-13-21(6,7)8)17-14-22(9,10)11;/h19H,12-18H2,1-11H3;1H4. The van der Waals surface area contributed by atoms with Crippen LogP contribution in [0.4, 0.5) is 0 Å². The Hall–Kier alpha value is 0. The highest BCUT2D eigenvalue weighted by molar-refractivity contribution is 4.85. The third-order valence-electron chi connectivity index (χ3n) is 5.06. The third-order valence-corrected chi connectivity index (χ3v) is 5.06. The summed E-state index contributed by atoms with van der Waals surface area (Å²) in [5.41, 5.74) is 1.89. The molecule has 0 amide bonds. The second kappa shape index (κ2) is 9.63. The van der Waals surface area contributed by atoms with Gasteiger partial charge in [0, 0.05) is 0 Å². The molecule has 0 saturated heterocycles. The van der Waals surface area contributed by atoms with Gasteiger partial charge in [-0.15, -0.1) is 0 Å². The molecule has 0 radical (unpaired) electrons. The maximum Gasteiger partial charge on any atom is -0.0294 e. The normalized spacial score (nSPS) is 14.0. The molecule has 0 aromatic rings. The molecule has 0 spiro atoms. The van der Waals surface area contributed by atoms with Gasteiger partial charge in [0.05, 0.1) is 0 Å². The molecule has 0 rings (SSSR count). The molecule has 0 N–H and O–H groups in total. The van der Waals surface area contributed by atoms with Crippen molar-refractivity contribution in [2.75, 3.05) is 0 Å². The van der Waals surface area contributed by atoms with E-state index in [1.165, 1.54) is 44.9 Å². The van der Waals surface area contributed by atoms with Gasteiger partial charge in [0.15, 0.2) is 0 Å². The smallest absolute Gasteiger partial charge is 0.0294 e. The van der Waals surface area contributed by atoms with E-state index in [2.05, 4.69) is 76.2 Å². The summed E-state index contributed by atoms with van der Waals surface area (Å²) in [5, 5.41) is 0. The Morgan fingerprint density at radius 1 is 0.500 bits per heavy atom. The van der Waals surface area contributed by atoms with Crippen LogP contribution in [0.25, 0.3) is 0 Å².